The highest BCUT2D eigenvalue weighted by Gasteiger charge is 2.02. The Bertz CT molecular complexity index is 558. The zero-order chi connectivity index (χ0) is 13.5. The molecule has 0 atom stereocenters. The molecule has 0 bridgehead atoms. The van der Waals surface area contributed by atoms with Crippen molar-refractivity contribution in [3.05, 3.63) is 83.6 Å². The molecule has 0 unspecified atom stereocenters. The highest BCUT2D eigenvalue weighted by Crippen LogP contribution is 2.05. The first-order valence-corrected chi connectivity index (χ1v) is 6.31. The van der Waals surface area contributed by atoms with Crippen molar-refractivity contribution in [3.63, 3.8) is 0 Å². The SMILES string of the molecule is NC(=CC(=O)Cc1ccccc1)Cc1ccccc1. The maximum Gasteiger partial charge on any atom is 0.161 e. The van der Waals surface area contributed by atoms with Gasteiger partial charge in [-0.1, -0.05) is 60.7 Å². The van der Waals surface area contributed by atoms with E-state index in [0.29, 0.717) is 18.5 Å². The van der Waals surface area contributed by atoms with Crippen molar-refractivity contribution in [2.45, 2.75) is 12.8 Å². The Kier molecular flexibility index (Phi) is 4.51. The van der Waals surface area contributed by atoms with E-state index in [4.69, 9.17) is 5.73 Å². The van der Waals surface area contributed by atoms with Gasteiger partial charge in [-0.05, 0) is 11.1 Å². The molecular formula is C17H17NO. The highest BCUT2D eigenvalue weighted by molar-refractivity contribution is 5.91. The van der Waals surface area contributed by atoms with Gasteiger partial charge in [0.25, 0.3) is 0 Å². The molecule has 2 aromatic rings. The van der Waals surface area contributed by atoms with E-state index in [1.807, 2.05) is 60.7 Å². The molecule has 0 radical (unpaired) electrons. The van der Waals surface area contributed by atoms with E-state index in [0.717, 1.165) is 11.1 Å². The molecule has 96 valence electrons. The van der Waals surface area contributed by atoms with Gasteiger partial charge in [-0.15, -0.1) is 0 Å². The zero-order valence-corrected chi connectivity index (χ0v) is 10.8. The standard InChI is InChI=1S/C17H17NO/c18-16(11-14-7-3-1-4-8-14)13-17(19)12-15-9-5-2-6-10-15/h1-10,13H,11-12,18H2. The van der Waals surface area contributed by atoms with Gasteiger partial charge in [0.15, 0.2) is 5.78 Å². The number of rotatable bonds is 5. The van der Waals surface area contributed by atoms with Crippen molar-refractivity contribution in [2.75, 3.05) is 0 Å². The fraction of sp³-hybridized carbons (Fsp3) is 0.118. The first-order valence-electron chi connectivity index (χ1n) is 6.31. The summed E-state index contributed by atoms with van der Waals surface area (Å²) in [5.41, 5.74) is 8.63. The van der Waals surface area contributed by atoms with Gasteiger partial charge in [-0.25, -0.2) is 0 Å². The van der Waals surface area contributed by atoms with Crippen LogP contribution >= 0.6 is 0 Å². The number of hydrogen-bond acceptors (Lipinski definition) is 2. The molecule has 0 aliphatic rings. The molecule has 0 spiro atoms. The van der Waals surface area contributed by atoms with Gasteiger partial charge < -0.3 is 5.73 Å². The average Bonchev–Trinajstić information content (AvgIpc) is 2.40. The lowest BCUT2D eigenvalue weighted by molar-refractivity contribution is -0.114. The number of nitrogens with two attached hydrogens (primary N) is 1. The van der Waals surface area contributed by atoms with Crippen LogP contribution in [0.4, 0.5) is 0 Å². The molecule has 19 heavy (non-hydrogen) atoms. The third-order valence-electron chi connectivity index (χ3n) is 2.82. The summed E-state index contributed by atoms with van der Waals surface area (Å²) in [5.74, 6) is 0.0413. The van der Waals surface area contributed by atoms with E-state index >= 15 is 0 Å². The quantitative estimate of drug-likeness (QED) is 0.830. The maximum atomic E-state index is 11.9. The van der Waals surface area contributed by atoms with Gasteiger partial charge >= 0.3 is 0 Å². The molecule has 0 aliphatic heterocycles. The molecule has 2 rings (SSSR count). The topological polar surface area (TPSA) is 43.1 Å². The summed E-state index contributed by atoms with van der Waals surface area (Å²) in [6, 6.07) is 19.6. The Morgan fingerprint density at radius 2 is 1.32 bits per heavy atom. The van der Waals surface area contributed by atoms with Gasteiger partial charge in [-0.2, -0.15) is 0 Å². The van der Waals surface area contributed by atoms with Crippen molar-refractivity contribution in [1.29, 1.82) is 0 Å². The van der Waals surface area contributed by atoms with Gasteiger partial charge in [0.2, 0.25) is 0 Å². The number of allylic oxidation sites excluding steroid dienone is 2. The van der Waals surface area contributed by atoms with E-state index in [1.54, 1.807) is 6.08 Å². The largest absolute Gasteiger partial charge is 0.402 e. The molecule has 2 heteroatoms. The molecule has 0 fully saturated rings. The minimum Gasteiger partial charge on any atom is -0.402 e. The number of benzene rings is 2. The third kappa shape index (κ3) is 4.43. The third-order valence-corrected chi connectivity index (χ3v) is 2.82. The Hall–Kier alpha value is -2.35. The van der Waals surface area contributed by atoms with Crippen LogP contribution in [0.2, 0.25) is 0 Å². The van der Waals surface area contributed by atoms with Crippen LogP contribution in [0.15, 0.2) is 72.4 Å². The van der Waals surface area contributed by atoms with Crippen molar-refractivity contribution in [3.8, 4) is 0 Å². The number of carbonyl (C=O) groups is 1. The summed E-state index contributed by atoms with van der Waals surface area (Å²) in [6.45, 7) is 0. The normalized spacial score (nSPS) is 11.3. The van der Waals surface area contributed by atoms with Crippen molar-refractivity contribution in [2.24, 2.45) is 5.73 Å². The number of hydrogen-bond donors (Lipinski definition) is 1. The molecule has 0 saturated heterocycles. The van der Waals surface area contributed by atoms with E-state index < -0.39 is 0 Å². The Morgan fingerprint density at radius 1 is 0.842 bits per heavy atom. The smallest absolute Gasteiger partial charge is 0.161 e. The van der Waals surface area contributed by atoms with Crippen LogP contribution < -0.4 is 5.73 Å². The Morgan fingerprint density at radius 3 is 1.84 bits per heavy atom. The Labute approximate surface area is 113 Å². The van der Waals surface area contributed by atoms with Crippen LogP contribution in [-0.2, 0) is 17.6 Å². The van der Waals surface area contributed by atoms with Crippen molar-refractivity contribution >= 4 is 5.78 Å². The fourth-order valence-corrected chi connectivity index (χ4v) is 1.94. The van der Waals surface area contributed by atoms with Gasteiger partial charge in [0, 0.05) is 24.6 Å². The van der Waals surface area contributed by atoms with Crippen molar-refractivity contribution < 1.29 is 4.79 Å². The number of carbonyl (C=O) groups excluding carboxylic acids is 1. The summed E-state index contributed by atoms with van der Waals surface area (Å²) in [4.78, 5) is 11.9. The monoisotopic (exact) mass is 251 g/mol. The number of ketones is 1. The van der Waals surface area contributed by atoms with Crippen LogP contribution in [0.25, 0.3) is 0 Å². The molecule has 2 N–H and O–H groups in total. The minimum absolute atomic E-state index is 0.0413. The maximum absolute atomic E-state index is 11.9. The summed E-state index contributed by atoms with van der Waals surface area (Å²) in [6.07, 6.45) is 2.55. The lowest BCUT2D eigenvalue weighted by Gasteiger charge is -2.02. The first-order chi connectivity index (χ1) is 9.24. The second-order valence-electron chi connectivity index (χ2n) is 4.51. The van der Waals surface area contributed by atoms with Crippen LogP contribution in [0.3, 0.4) is 0 Å². The minimum atomic E-state index is 0.0413. The van der Waals surface area contributed by atoms with E-state index in [2.05, 4.69) is 0 Å². The van der Waals surface area contributed by atoms with Crippen LogP contribution in [0, 0.1) is 0 Å². The lowest BCUT2D eigenvalue weighted by Crippen LogP contribution is -2.07. The second-order valence-corrected chi connectivity index (χ2v) is 4.51. The molecular weight excluding hydrogens is 234 g/mol. The van der Waals surface area contributed by atoms with E-state index in [9.17, 15) is 4.79 Å². The molecule has 0 heterocycles. The van der Waals surface area contributed by atoms with Gasteiger partial charge in [0.1, 0.15) is 0 Å². The summed E-state index contributed by atoms with van der Waals surface area (Å²) in [5, 5.41) is 0. The lowest BCUT2D eigenvalue weighted by atomic mass is 10.1. The molecule has 0 amide bonds. The second kappa shape index (κ2) is 6.55. The zero-order valence-electron chi connectivity index (χ0n) is 10.8. The molecule has 0 aliphatic carbocycles. The van der Waals surface area contributed by atoms with E-state index in [-0.39, 0.29) is 5.78 Å². The summed E-state index contributed by atoms with van der Waals surface area (Å²) >= 11 is 0. The van der Waals surface area contributed by atoms with Crippen molar-refractivity contribution in [1.82, 2.24) is 0 Å². The van der Waals surface area contributed by atoms with E-state index in [1.165, 1.54) is 0 Å². The average molecular weight is 251 g/mol. The summed E-state index contributed by atoms with van der Waals surface area (Å²) in [7, 11) is 0. The molecule has 0 aromatic heterocycles. The fourth-order valence-electron chi connectivity index (χ4n) is 1.94. The Balaban J connectivity index is 1.95. The predicted molar refractivity (Wildman–Crippen MR) is 77.6 cm³/mol. The van der Waals surface area contributed by atoms with Gasteiger partial charge in [0.05, 0.1) is 0 Å². The van der Waals surface area contributed by atoms with Crippen LogP contribution in [-0.4, -0.2) is 5.78 Å². The highest BCUT2D eigenvalue weighted by atomic mass is 16.1. The van der Waals surface area contributed by atoms with Crippen LogP contribution in [0.5, 0.6) is 0 Å². The molecule has 0 saturated carbocycles. The van der Waals surface area contributed by atoms with Crippen LogP contribution in [0.1, 0.15) is 11.1 Å². The van der Waals surface area contributed by atoms with Gasteiger partial charge in [-0.3, -0.25) is 4.79 Å². The summed E-state index contributed by atoms with van der Waals surface area (Å²) < 4.78 is 0. The predicted octanol–water partition coefficient (Wildman–Crippen LogP) is 2.88. The first kappa shape index (κ1) is 13.1. The molecule has 2 nitrogen and oxygen atoms in total. The molecule has 2 aromatic carbocycles.